The van der Waals surface area contributed by atoms with Gasteiger partial charge in [-0.3, -0.25) is 0 Å². The number of benzene rings is 2. The Morgan fingerprint density at radius 2 is 0.889 bits per heavy atom. The van der Waals surface area contributed by atoms with Crippen molar-refractivity contribution in [1.82, 2.24) is 0 Å². The molecular weight excluding hydrogens is 336 g/mol. The minimum absolute atomic E-state index is 0.805. The standard InChI is InChI=1S/C23H30N2O2/c1-14-9-20(26-7)10-15(2)22(14)24-13-25(19(6)18(24)5)23-16(3)11-21(27-8)12-17(23)4/h9-12H,13H2,1-8H3. The number of hydrogen-bond donors (Lipinski definition) is 0. The molecule has 0 aliphatic carbocycles. The van der Waals surface area contributed by atoms with Gasteiger partial charge in [-0.15, -0.1) is 0 Å². The van der Waals surface area contributed by atoms with Crippen LogP contribution in [0.3, 0.4) is 0 Å². The van der Waals surface area contributed by atoms with E-state index in [0.29, 0.717) is 0 Å². The SMILES string of the molecule is COc1cc(C)c(N2CN(c3c(C)cc(OC)cc3C)C(C)=C2C)c(C)c1. The van der Waals surface area contributed by atoms with Crippen LogP contribution in [0.1, 0.15) is 36.1 Å². The Morgan fingerprint density at radius 1 is 0.593 bits per heavy atom. The van der Waals surface area contributed by atoms with Crippen molar-refractivity contribution in [3.63, 3.8) is 0 Å². The molecule has 144 valence electrons. The molecule has 0 saturated carbocycles. The van der Waals surface area contributed by atoms with Gasteiger partial charge >= 0.3 is 0 Å². The van der Waals surface area contributed by atoms with E-state index >= 15 is 0 Å². The maximum absolute atomic E-state index is 5.43. The first-order chi connectivity index (χ1) is 12.8. The van der Waals surface area contributed by atoms with E-state index in [0.717, 1.165) is 18.2 Å². The number of nitrogens with zero attached hydrogens (tertiary/aromatic N) is 2. The summed E-state index contributed by atoms with van der Waals surface area (Å²) in [5.74, 6) is 1.81. The van der Waals surface area contributed by atoms with Crippen molar-refractivity contribution in [2.75, 3.05) is 30.7 Å². The average Bonchev–Trinajstić information content (AvgIpc) is 2.89. The van der Waals surface area contributed by atoms with Crippen LogP contribution in [-0.2, 0) is 0 Å². The fraction of sp³-hybridized carbons (Fsp3) is 0.391. The van der Waals surface area contributed by atoms with Gasteiger partial charge in [0.2, 0.25) is 0 Å². The Morgan fingerprint density at radius 3 is 1.15 bits per heavy atom. The summed E-state index contributed by atoms with van der Waals surface area (Å²) >= 11 is 0. The second-order valence-corrected chi connectivity index (χ2v) is 7.39. The topological polar surface area (TPSA) is 24.9 Å². The van der Waals surface area contributed by atoms with Crippen LogP contribution in [0.15, 0.2) is 35.7 Å². The average molecular weight is 367 g/mol. The molecule has 0 unspecified atom stereocenters. The van der Waals surface area contributed by atoms with Crippen molar-refractivity contribution >= 4 is 11.4 Å². The molecule has 1 heterocycles. The van der Waals surface area contributed by atoms with Crippen LogP contribution < -0.4 is 19.3 Å². The molecule has 27 heavy (non-hydrogen) atoms. The molecular formula is C23H30N2O2. The third kappa shape index (κ3) is 3.25. The van der Waals surface area contributed by atoms with Gasteiger partial charge in [0.05, 0.1) is 20.9 Å². The fourth-order valence-corrected chi connectivity index (χ4v) is 4.14. The lowest BCUT2D eigenvalue weighted by molar-refractivity contribution is 0.414. The quantitative estimate of drug-likeness (QED) is 0.716. The molecule has 2 aromatic carbocycles. The minimum Gasteiger partial charge on any atom is -0.497 e. The van der Waals surface area contributed by atoms with Gasteiger partial charge in [-0.2, -0.15) is 0 Å². The molecule has 0 N–H and O–H groups in total. The summed E-state index contributed by atoms with van der Waals surface area (Å²) in [6.45, 7) is 13.8. The summed E-state index contributed by atoms with van der Waals surface area (Å²) in [6.07, 6.45) is 0. The summed E-state index contributed by atoms with van der Waals surface area (Å²) in [7, 11) is 3.44. The molecule has 0 bridgehead atoms. The van der Waals surface area contributed by atoms with Crippen LogP contribution in [0.5, 0.6) is 11.5 Å². The van der Waals surface area contributed by atoms with Gasteiger partial charge in [0.25, 0.3) is 0 Å². The van der Waals surface area contributed by atoms with E-state index in [-0.39, 0.29) is 0 Å². The van der Waals surface area contributed by atoms with E-state index in [2.05, 4.69) is 75.6 Å². The smallest absolute Gasteiger partial charge is 0.119 e. The predicted octanol–water partition coefficient (Wildman–Crippen LogP) is 5.47. The largest absolute Gasteiger partial charge is 0.497 e. The van der Waals surface area contributed by atoms with Crippen LogP contribution in [0, 0.1) is 27.7 Å². The van der Waals surface area contributed by atoms with Gasteiger partial charge in [0.15, 0.2) is 0 Å². The second-order valence-electron chi connectivity index (χ2n) is 7.39. The Hall–Kier alpha value is -2.62. The van der Waals surface area contributed by atoms with Crippen molar-refractivity contribution < 1.29 is 9.47 Å². The van der Waals surface area contributed by atoms with Crippen molar-refractivity contribution in [3.8, 4) is 11.5 Å². The number of methoxy groups -OCH3 is 2. The van der Waals surface area contributed by atoms with Gasteiger partial charge in [-0.05, 0) is 88.1 Å². The Bertz CT molecular complexity index is 795. The highest BCUT2D eigenvalue weighted by Gasteiger charge is 2.29. The first kappa shape index (κ1) is 19.2. The normalized spacial score (nSPS) is 14.2. The van der Waals surface area contributed by atoms with Crippen molar-refractivity contribution in [3.05, 3.63) is 57.9 Å². The number of ether oxygens (including phenoxy) is 2. The molecule has 0 spiro atoms. The number of aryl methyl sites for hydroxylation is 4. The maximum atomic E-state index is 5.43. The lowest BCUT2D eigenvalue weighted by Gasteiger charge is -2.28. The maximum Gasteiger partial charge on any atom is 0.119 e. The molecule has 0 aromatic heterocycles. The van der Waals surface area contributed by atoms with E-state index in [1.54, 1.807) is 14.2 Å². The zero-order valence-corrected chi connectivity index (χ0v) is 17.7. The Labute approximate surface area is 163 Å². The fourth-order valence-electron chi connectivity index (χ4n) is 4.14. The molecule has 3 rings (SSSR count). The third-order valence-electron chi connectivity index (χ3n) is 5.56. The van der Waals surface area contributed by atoms with Crippen LogP contribution >= 0.6 is 0 Å². The van der Waals surface area contributed by atoms with Gasteiger partial charge in [-0.25, -0.2) is 0 Å². The molecule has 1 aliphatic heterocycles. The van der Waals surface area contributed by atoms with E-state index in [4.69, 9.17) is 9.47 Å². The van der Waals surface area contributed by atoms with Crippen LogP contribution in [0.25, 0.3) is 0 Å². The lowest BCUT2D eigenvalue weighted by atomic mass is 10.1. The second kappa shape index (κ2) is 7.18. The van der Waals surface area contributed by atoms with E-state index < -0.39 is 0 Å². The monoisotopic (exact) mass is 366 g/mol. The molecule has 0 atom stereocenters. The molecule has 0 radical (unpaired) electrons. The van der Waals surface area contributed by atoms with E-state index in [1.807, 2.05) is 0 Å². The number of hydrogen-bond acceptors (Lipinski definition) is 4. The zero-order valence-electron chi connectivity index (χ0n) is 17.7. The summed E-state index contributed by atoms with van der Waals surface area (Å²) < 4.78 is 10.9. The molecule has 4 nitrogen and oxygen atoms in total. The highest BCUT2D eigenvalue weighted by atomic mass is 16.5. The molecule has 0 fully saturated rings. The van der Waals surface area contributed by atoms with Gasteiger partial charge in [0.1, 0.15) is 11.5 Å². The first-order valence-corrected chi connectivity index (χ1v) is 9.31. The molecule has 4 heteroatoms. The van der Waals surface area contributed by atoms with Crippen molar-refractivity contribution in [2.24, 2.45) is 0 Å². The number of anilines is 2. The van der Waals surface area contributed by atoms with Crippen LogP contribution in [0.2, 0.25) is 0 Å². The molecule has 2 aromatic rings. The van der Waals surface area contributed by atoms with Crippen LogP contribution in [0.4, 0.5) is 11.4 Å². The minimum atomic E-state index is 0.805. The first-order valence-electron chi connectivity index (χ1n) is 9.31. The zero-order chi connectivity index (χ0) is 19.9. The van der Waals surface area contributed by atoms with Crippen molar-refractivity contribution in [1.29, 1.82) is 0 Å². The predicted molar refractivity (Wildman–Crippen MR) is 113 cm³/mol. The summed E-state index contributed by atoms with van der Waals surface area (Å²) in [4.78, 5) is 4.81. The highest BCUT2D eigenvalue weighted by molar-refractivity contribution is 5.73. The summed E-state index contributed by atoms with van der Waals surface area (Å²) in [5.41, 5.74) is 9.99. The molecule has 0 saturated heterocycles. The van der Waals surface area contributed by atoms with Gasteiger partial charge in [0, 0.05) is 22.8 Å². The number of allylic oxidation sites excluding steroid dienone is 2. The Kier molecular flexibility index (Phi) is 5.09. The van der Waals surface area contributed by atoms with Crippen molar-refractivity contribution in [2.45, 2.75) is 41.5 Å². The highest BCUT2D eigenvalue weighted by Crippen LogP contribution is 2.40. The summed E-state index contributed by atoms with van der Waals surface area (Å²) in [6, 6.07) is 8.43. The van der Waals surface area contributed by atoms with Gasteiger partial charge in [-0.1, -0.05) is 0 Å². The van der Waals surface area contributed by atoms with Crippen LogP contribution in [-0.4, -0.2) is 20.9 Å². The van der Waals surface area contributed by atoms with E-state index in [1.165, 1.54) is 45.0 Å². The third-order valence-corrected chi connectivity index (χ3v) is 5.56. The Balaban J connectivity index is 2.05. The number of rotatable bonds is 4. The van der Waals surface area contributed by atoms with E-state index in [9.17, 15) is 0 Å². The molecule has 0 amide bonds. The molecule has 1 aliphatic rings. The summed E-state index contributed by atoms with van der Waals surface area (Å²) in [5, 5.41) is 0. The lowest BCUT2D eigenvalue weighted by Crippen LogP contribution is -2.29. The van der Waals surface area contributed by atoms with Gasteiger partial charge < -0.3 is 19.3 Å².